The summed E-state index contributed by atoms with van der Waals surface area (Å²) in [5.41, 5.74) is 5.21. The Balaban J connectivity index is 2.43. The number of hydrogen-bond acceptors (Lipinski definition) is 4. The van der Waals surface area contributed by atoms with Crippen LogP contribution in [0.2, 0.25) is 0 Å². The fourth-order valence-electron chi connectivity index (χ4n) is 1.82. The van der Waals surface area contributed by atoms with Gasteiger partial charge in [0.2, 0.25) is 15.9 Å². The Labute approximate surface area is 105 Å². The molecule has 1 fully saturated rings. The first-order valence-corrected chi connectivity index (χ1v) is 6.94. The van der Waals surface area contributed by atoms with Crippen molar-refractivity contribution in [2.75, 3.05) is 26.3 Å². The van der Waals surface area contributed by atoms with Crippen molar-refractivity contribution in [3.63, 3.8) is 0 Å². The van der Waals surface area contributed by atoms with Gasteiger partial charge in [0.05, 0.1) is 23.7 Å². The molecule has 0 bridgehead atoms. The van der Waals surface area contributed by atoms with Gasteiger partial charge in [-0.15, -0.1) is 0 Å². The second kappa shape index (κ2) is 5.05. The summed E-state index contributed by atoms with van der Waals surface area (Å²) in [5, 5.41) is 0. The summed E-state index contributed by atoms with van der Waals surface area (Å²) in [6, 6.07) is 5.96. The van der Waals surface area contributed by atoms with Crippen molar-refractivity contribution in [3.8, 4) is 0 Å². The quantitative estimate of drug-likeness (QED) is 0.824. The van der Waals surface area contributed by atoms with Crippen molar-refractivity contribution in [1.29, 1.82) is 0 Å². The maximum absolute atomic E-state index is 12.4. The van der Waals surface area contributed by atoms with E-state index in [-0.39, 0.29) is 23.5 Å². The summed E-state index contributed by atoms with van der Waals surface area (Å²) in [5.74, 6) is -0.748. The van der Waals surface area contributed by atoms with Crippen LogP contribution < -0.4 is 5.73 Å². The largest absolute Gasteiger partial charge is 0.379 e. The molecule has 0 aromatic heterocycles. The van der Waals surface area contributed by atoms with Gasteiger partial charge in [-0.2, -0.15) is 4.31 Å². The van der Waals surface area contributed by atoms with Crippen molar-refractivity contribution in [2.24, 2.45) is 5.73 Å². The Kier molecular flexibility index (Phi) is 3.65. The highest BCUT2D eigenvalue weighted by molar-refractivity contribution is 7.89. The van der Waals surface area contributed by atoms with Gasteiger partial charge in [0, 0.05) is 13.1 Å². The molecule has 1 aromatic carbocycles. The molecule has 0 aliphatic carbocycles. The lowest BCUT2D eigenvalue weighted by Gasteiger charge is -2.26. The molecule has 1 aliphatic rings. The summed E-state index contributed by atoms with van der Waals surface area (Å²) >= 11 is 0. The molecule has 1 aromatic rings. The second-order valence-electron chi connectivity index (χ2n) is 3.88. The zero-order valence-corrected chi connectivity index (χ0v) is 10.5. The first-order chi connectivity index (χ1) is 8.53. The van der Waals surface area contributed by atoms with E-state index < -0.39 is 15.9 Å². The minimum atomic E-state index is -3.69. The van der Waals surface area contributed by atoms with Crippen LogP contribution in [0.3, 0.4) is 0 Å². The maximum atomic E-state index is 12.4. The number of sulfonamides is 1. The normalized spacial score (nSPS) is 17.6. The predicted octanol–water partition coefficient (Wildman–Crippen LogP) is -0.194. The minimum Gasteiger partial charge on any atom is -0.379 e. The molecular formula is C11H14N2O4S. The SMILES string of the molecule is NC(=O)c1ccccc1S(=O)(=O)N1CCOCC1. The summed E-state index contributed by atoms with van der Waals surface area (Å²) in [6.07, 6.45) is 0. The Hall–Kier alpha value is -1.44. The molecule has 0 atom stereocenters. The van der Waals surface area contributed by atoms with Crippen LogP contribution in [-0.4, -0.2) is 44.9 Å². The van der Waals surface area contributed by atoms with Crippen LogP contribution in [0.15, 0.2) is 29.2 Å². The fraction of sp³-hybridized carbons (Fsp3) is 0.364. The lowest BCUT2D eigenvalue weighted by molar-refractivity contribution is 0.0730. The standard InChI is InChI=1S/C11H14N2O4S/c12-11(14)9-3-1-2-4-10(9)18(15,16)13-5-7-17-8-6-13/h1-4H,5-8H2,(H2,12,14). The van der Waals surface area contributed by atoms with Crippen LogP contribution in [0, 0.1) is 0 Å². The Morgan fingerprint density at radius 1 is 1.22 bits per heavy atom. The first-order valence-electron chi connectivity index (χ1n) is 5.50. The van der Waals surface area contributed by atoms with Crippen LogP contribution in [0.1, 0.15) is 10.4 Å². The average molecular weight is 270 g/mol. The third-order valence-electron chi connectivity index (χ3n) is 2.74. The Morgan fingerprint density at radius 3 is 2.44 bits per heavy atom. The van der Waals surface area contributed by atoms with Crippen molar-refractivity contribution in [2.45, 2.75) is 4.90 Å². The van der Waals surface area contributed by atoms with Gasteiger partial charge in [-0.25, -0.2) is 8.42 Å². The van der Waals surface area contributed by atoms with Gasteiger partial charge in [0.1, 0.15) is 0 Å². The van der Waals surface area contributed by atoms with Gasteiger partial charge < -0.3 is 10.5 Å². The van der Waals surface area contributed by atoms with E-state index in [0.717, 1.165) is 0 Å². The van der Waals surface area contributed by atoms with Crippen molar-refractivity contribution < 1.29 is 17.9 Å². The number of nitrogens with zero attached hydrogens (tertiary/aromatic N) is 1. The van der Waals surface area contributed by atoms with E-state index in [1.54, 1.807) is 12.1 Å². The highest BCUT2D eigenvalue weighted by Crippen LogP contribution is 2.20. The van der Waals surface area contributed by atoms with Gasteiger partial charge in [0.15, 0.2) is 0 Å². The lowest BCUT2D eigenvalue weighted by Crippen LogP contribution is -2.41. The third-order valence-corrected chi connectivity index (χ3v) is 4.70. The highest BCUT2D eigenvalue weighted by Gasteiger charge is 2.29. The molecule has 2 N–H and O–H groups in total. The molecule has 0 spiro atoms. The number of nitrogens with two attached hydrogens (primary N) is 1. The number of benzene rings is 1. The van der Waals surface area contributed by atoms with E-state index in [0.29, 0.717) is 13.2 Å². The molecular weight excluding hydrogens is 256 g/mol. The molecule has 1 aliphatic heterocycles. The van der Waals surface area contributed by atoms with Gasteiger partial charge >= 0.3 is 0 Å². The number of morpholine rings is 1. The molecule has 0 unspecified atom stereocenters. The first kappa shape index (κ1) is 13.0. The topological polar surface area (TPSA) is 89.7 Å². The van der Waals surface area contributed by atoms with Crippen LogP contribution in [0.5, 0.6) is 0 Å². The van der Waals surface area contributed by atoms with Gasteiger partial charge in [-0.1, -0.05) is 12.1 Å². The molecule has 2 rings (SSSR count). The number of carbonyl (C=O) groups excluding carboxylic acids is 1. The number of hydrogen-bond donors (Lipinski definition) is 1. The van der Waals surface area contributed by atoms with E-state index in [1.165, 1.54) is 16.4 Å². The molecule has 1 heterocycles. The molecule has 18 heavy (non-hydrogen) atoms. The fourth-order valence-corrected chi connectivity index (χ4v) is 3.43. The number of ether oxygens (including phenoxy) is 1. The van der Waals surface area contributed by atoms with E-state index in [4.69, 9.17) is 10.5 Å². The van der Waals surface area contributed by atoms with Crippen LogP contribution in [-0.2, 0) is 14.8 Å². The average Bonchev–Trinajstić information content (AvgIpc) is 2.39. The smallest absolute Gasteiger partial charge is 0.250 e. The minimum absolute atomic E-state index is 0.0176. The molecule has 0 saturated carbocycles. The van der Waals surface area contributed by atoms with Crippen LogP contribution in [0.4, 0.5) is 0 Å². The number of rotatable bonds is 3. The van der Waals surface area contributed by atoms with Gasteiger partial charge in [0.25, 0.3) is 0 Å². The van der Waals surface area contributed by atoms with Crippen molar-refractivity contribution >= 4 is 15.9 Å². The summed E-state index contributed by atoms with van der Waals surface area (Å²) in [4.78, 5) is 11.2. The monoisotopic (exact) mass is 270 g/mol. The molecule has 98 valence electrons. The molecule has 1 saturated heterocycles. The van der Waals surface area contributed by atoms with E-state index in [9.17, 15) is 13.2 Å². The Bertz CT molecular complexity index is 550. The lowest BCUT2D eigenvalue weighted by atomic mass is 10.2. The zero-order chi connectivity index (χ0) is 13.2. The van der Waals surface area contributed by atoms with Crippen molar-refractivity contribution in [1.82, 2.24) is 4.31 Å². The summed E-state index contributed by atoms with van der Waals surface area (Å²) < 4.78 is 31.2. The third kappa shape index (κ3) is 2.38. The van der Waals surface area contributed by atoms with Crippen molar-refractivity contribution in [3.05, 3.63) is 29.8 Å². The Morgan fingerprint density at radius 2 is 1.83 bits per heavy atom. The zero-order valence-electron chi connectivity index (χ0n) is 9.70. The second-order valence-corrected chi connectivity index (χ2v) is 5.78. The molecule has 6 nitrogen and oxygen atoms in total. The van der Waals surface area contributed by atoms with E-state index in [2.05, 4.69) is 0 Å². The van der Waals surface area contributed by atoms with E-state index >= 15 is 0 Å². The van der Waals surface area contributed by atoms with Crippen LogP contribution >= 0.6 is 0 Å². The van der Waals surface area contributed by atoms with Gasteiger partial charge in [-0.3, -0.25) is 4.79 Å². The summed E-state index contributed by atoms with van der Waals surface area (Å²) in [6.45, 7) is 1.29. The maximum Gasteiger partial charge on any atom is 0.250 e. The van der Waals surface area contributed by atoms with Crippen LogP contribution in [0.25, 0.3) is 0 Å². The molecule has 7 heteroatoms. The number of amides is 1. The predicted molar refractivity (Wildman–Crippen MR) is 64.5 cm³/mol. The molecule has 1 amide bonds. The van der Waals surface area contributed by atoms with Gasteiger partial charge in [-0.05, 0) is 12.1 Å². The number of carbonyl (C=O) groups is 1. The number of primary amides is 1. The van der Waals surface area contributed by atoms with E-state index in [1.807, 2.05) is 0 Å². The molecule has 0 radical (unpaired) electrons. The summed E-state index contributed by atoms with van der Waals surface area (Å²) in [7, 11) is -3.69. The highest BCUT2D eigenvalue weighted by atomic mass is 32.2.